The number of sulfonamides is 1. The highest BCUT2D eigenvalue weighted by Gasteiger charge is 2.28. The van der Waals surface area contributed by atoms with Gasteiger partial charge in [-0.3, -0.25) is 0 Å². The summed E-state index contributed by atoms with van der Waals surface area (Å²) in [6, 6.07) is 0. The Morgan fingerprint density at radius 3 is 2.52 bits per heavy atom. The highest BCUT2D eigenvalue weighted by atomic mass is 32.2. The molecule has 21 heavy (non-hydrogen) atoms. The maximum absolute atomic E-state index is 11.6. The molecule has 0 spiro atoms. The number of hydrogen-bond donors (Lipinski definition) is 4. The summed E-state index contributed by atoms with van der Waals surface area (Å²) in [5.41, 5.74) is 3.34. The number of anilines is 2. The van der Waals surface area contributed by atoms with Gasteiger partial charge in [-0.15, -0.1) is 0 Å². The van der Waals surface area contributed by atoms with Crippen molar-refractivity contribution in [3.63, 3.8) is 0 Å². The quantitative estimate of drug-likeness (QED) is 0.402. The molecule has 1 aromatic heterocycles. The van der Waals surface area contributed by atoms with Gasteiger partial charge in [0, 0.05) is 24.6 Å². The second-order valence-corrected chi connectivity index (χ2v) is 6.99. The number of hydrogen-bond acceptors (Lipinski definition) is 7. The van der Waals surface area contributed by atoms with Gasteiger partial charge in [-0.1, -0.05) is 6.92 Å². The Labute approximate surface area is 125 Å². The number of hydrazine groups is 1. The Morgan fingerprint density at radius 2 is 1.95 bits per heavy atom. The van der Waals surface area contributed by atoms with Crippen molar-refractivity contribution >= 4 is 21.7 Å². The summed E-state index contributed by atoms with van der Waals surface area (Å²) < 4.78 is 25.6. The summed E-state index contributed by atoms with van der Waals surface area (Å²) in [7, 11) is -3.24. The van der Waals surface area contributed by atoms with Crippen molar-refractivity contribution < 1.29 is 8.42 Å². The predicted octanol–water partition coefficient (Wildman–Crippen LogP) is 0.299. The molecule has 1 heterocycles. The first-order valence-corrected chi connectivity index (χ1v) is 8.68. The smallest absolute Gasteiger partial charge is 0.213 e. The van der Waals surface area contributed by atoms with Gasteiger partial charge in [0.2, 0.25) is 10.0 Å². The van der Waals surface area contributed by atoms with Crippen LogP contribution < -0.4 is 21.3 Å². The minimum Gasteiger partial charge on any atom is -0.369 e. The Balaban J connectivity index is 2.07. The van der Waals surface area contributed by atoms with E-state index in [1.807, 2.05) is 6.92 Å². The van der Waals surface area contributed by atoms with E-state index in [-0.39, 0.29) is 12.3 Å². The van der Waals surface area contributed by atoms with Crippen LogP contribution in [-0.2, 0) is 10.0 Å². The predicted molar refractivity (Wildman–Crippen MR) is 82.5 cm³/mol. The lowest BCUT2D eigenvalue weighted by Gasteiger charge is -2.13. The molecule has 0 unspecified atom stereocenters. The van der Waals surface area contributed by atoms with Crippen molar-refractivity contribution in [2.24, 2.45) is 5.84 Å². The highest BCUT2D eigenvalue weighted by Crippen LogP contribution is 2.39. The molecule has 0 saturated heterocycles. The highest BCUT2D eigenvalue weighted by molar-refractivity contribution is 7.89. The number of nitrogens with zero attached hydrogens (tertiary/aromatic N) is 2. The maximum atomic E-state index is 11.6. The summed E-state index contributed by atoms with van der Waals surface area (Å²) in [6.45, 7) is 4.26. The molecular weight excluding hydrogens is 292 g/mol. The van der Waals surface area contributed by atoms with Gasteiger partial charge >= 0.3 is 0 Å². The molecule has 5 N–H and O–H groups in total. The number of nitrogen functional groups attached to an aromatic ring is 1. The third-order valence-electron chi connectivity index (χ3n) is 3.27. The molecule has 118 valence electrons. The average molecular weight is 314 g/mol. The largest absolute Gasteiger partial charge is 0.369 e. The Kier molecular flexibility index (Phi) is 4.96. The third kappa shape index (κ3) is 4.26. The zero-order valence-electron chi connectivity index (χ0n) is 12.3. The second-order valence-electron chi connectivity index (χ2n) is 5.07. The molecule has 0 aliphatic heterocycles. The average Bonchev–Trinajstić information content (AvgIpc) is 3.25. The SMILES string of the molecule is CCNS(=O)(=O)CCNc1nc(C2CC2)nc(NN)c1C. The summed E-state index contributed by atoms with van der Waals surface area (Å²) in [5, 5.41) is 3.06. The number of nitrogens with one attached hydrogen (secondary N) is 3. The van der Waals surface area contributed by atoms with E-state index >= 15 is 0 Å². The normalized spacial score (nSPS) is 15.0. The molecule has 1 aliphatic rings. The second kappa shape index (κ2) is 6.54. The minimum atomic E-state index is -3.24. The number of nitrogens with two attached hydrogens (primary N) is 1. The van der Waals surface area contributed by atoms with Gasteiger partial charge in [-0.25, -0.2) is 29.0 Å². The van der Waals surface area contributed by atoms with Gasteiger partial charge in [-0.05, 0) is 19.8 Å². The van der Waals surface area contributed by atoms with Crippen molar-refractivity contribution in [2.45, 2.75) is 32.6 Å². The number of rotatable bonds is 8. The fourth-order valence-corrected chi connectivity index (χ4v) is 2.92. The maximum Gasteiger partial charge on any atom is 0.213 e. The van der Waals surface area contributed by atoms with Gasteiger partial charge in [-0.2, -0.15) is 0 Å². The Morgan fingerprint density at radius 1 is 1.29 bits per heavy atom. The zero-order valence-corrected chi connectivity index (χ0v) is 13.1. The third-order valence-corrected chi connectivity index (χ3v) is 4.74. The van der Waals surface area contributed by atoms with Gasteiger partial charge in [0.15, 0.2) is 0 Å². The van der Waals surface area contributed by atoms with Crippen LogP contribution in [0.15, 0.2) is 0 Å². The van der Waals surface area contributed by atoms with E-state index in [1.54, 1.807) is 6.92 Å². The minimum absolute atomic E-state index is 0.00552. The first-order valence-electron chi connectivity index (χ1n) is 7.03. The fourth-order valence-electron chi connectivity index (χ4n) is 1.97. The summed E-state index contributed by atoms with van der Waals surface area (Å²) in [6.07, 6.45) is 2.17. The number of aromatic nitrogens is 2. The van der Waals surface area contributed by atoms with E-state index in [2.05, 4.69) is 25.4 Å². The molecule has 0 aromatic carbocycles. The van der Waals surface area contributed by atoms with Crippen LogP contribution in [-0.4, -0.2) is 37.2 Å². The van der Waals surface area contributed by atoms with Gasteiger partial charge < -0.3 is 10.7 Å². The fraction of sp³-hybridized carbons (Fsp3) is 0.667. The van der Waals surface area contributed by atoms with Crippen molar-refractivity contribution in [3.05, 3.63) is 11.4 Å². The van der Waals surface area contributed by atoms with Gasteiger partial charge in [0.1, 0.15) is 17.5 Å². The lowest BCUT2D eigenvalue weighted by atomic mass is 10.3. The van der Waals surface area contributed by atoms with Crippen LogP contribution in [0, 0.1) is 6.92 Å². The van der Waals surface area contributed by atoms with E-state index in [4.69, 9.17) is 5.84 Å². The molecule has 1 aromatic rings. The molecule has 1 aliphatic carbocycles. The lowest BCUT2D eigenvalue weighted by molar-refractivity contribution is 0.584. The van der Waals surface area contributed by atoms with E-state index in [9.17, 15) is 8.42 Å². The first kappa shape index (κ1) is 15.9. The van der Waals surface area contributed by atoms with Crippen LogP contribution in [0.4, 0.5) is 11.6 Å². The van der Waals surface area contributed by atoms with E-state index < -0.39 is 10.0 Å². The monoisotopic (exact) mass is 314 g/mol. The molecule has 8 nitrogen and oxygen atoms in total. The standard InChI is InChI=1S/C12H22N6O2S/c1-3-15-21(19,20)7-6-14-10-8(2)11(18-13)17-12(16-10)9-4-5-9/h9,15H,3-7,13H2,1-2H3,(H2,14,16,17,18). The van der Waals surface area contributed by atoms with Crippen LogP contribution in [0.1, 0.15) is 37.1 Å². The van der Waals surface area contributed by atoms with Crippen molar-refractivity contribution in [2.75, 3.05) is 29.6 Å². The van der Waals surface area contributed by atoms with Crippen LogP contribution in [0.3, 0.4) is 0 Å². The molecule has 1 fully saturated rings. The van der Waals surface area contributed by atoms with Crippen LogP contribution in [0.5, 0.6) is 0 Å². The van der Waals surface area contributed by atoms with Crippen molar-refractivity contribution in [1.29, 1.82) is 0 Å². The summed E-state index contributed by atoms with van der Waals surface area (Å²) in [4.78, 5) is 8.86. The molecule has 0 bridgehead atoms. The molecular formula is C12H22N6O2S. The van der Waals surface area contributed by atoms with E-state index in [0.717, 1.165) is 24.2 Å². The lowest BCUT2D eigenvalue weighted by Crippen LogP contribution is -2.29. The molecule has 0 amide bonds. The first-order chi connectivity index (χ1) is 9.96. The van der Waals surface area contributed by atoms with Crippen LogP contribution in [0.25, 0.3) is 0 Å². The van der Waals surface area contributed by atoms with Gasteiger partial charge in [0.25, 0.3) is 0 Å². The Bertz CT molecular complexity index is 600. The van der Waals surface area contributed by atoms with E-state index in [1.165, 1.54) is 0 Å². The van der Waals surface area contributed by atoms with Crippen molar-refractivity contribution in [3.8, 4) is 0 Å². The summed E-state index contributed by atoms with van der Waals surface area (Å²) in [5.74, 6) is 7.82. The molecule has 2 rings (SSSR count). The summed E-state index contributed by atoms with van der Waals surface area (Å²) >= 11 is 0. The molecule has 0 radical (unpaired) electrons. The molecule has 0 atom stereocenters. The topological polar surface area (TPSA) is 122 Å². The Hall–Kier alpha value is -1.45. The van der Waals surface area contributed by atoms with Crippen LogP contribution in [0.2, 0.25) is 0 Å². The van der Waals surface area contributed by atoms with Crippen LogP contribution >= 0.6 is 0 Å². The molecule has 1 saturated carbocycles. The zero-order chi connectivity index (χ0) is 15.5. The molecule has 9 heteroatoms. The van der Waals surface area contributed by atoms with Gasteiger partial charge in [0.05, 0.1) is 5.75 Å². The van der Waals surface area contributed by atoms with Crippen molar-refractivity contribution in [1.82, 2.24) is 14.7 Å². The van der Waals surface area contributed by atoms with E-state index in [0.29, 0.717) is 24.1 Å².